The Labute approximate surface area is 169 Å². The third kappa shape index (κ3) is 5.75. The van der Waals surface area contributed by atoms with Gasteiger partial charge in [0.05, 0.1) is 4.92 Å². The zero-order chi connectivity index (χ0) is 20.6. The van der Waals surface area contributed by atoms with Crippen molar-refractivity contribution in [3.63, 3.8) is 0 Å². The van der Waals surface area contributed by atoms with Gasteiger partial charge in [0.1, 0.15) is 0 Å². The van der Waals surface area contributed by atoms with E-state index in [1.165, 1.54) is 37.1 Å². The standard InChI is InChI=1S/C22H23N3O4/c26-21(13-8-17-6-5-7-20(16-17)25(28)29)23-19-11-9-18(10-12-19)22(27)24-14-3-1-2-4-15-24/h5-13,16H,1-4,14-15H2,(H,23,26)/b13-8+. The van der Waals surface area contributed by atoms with E-state index >= 15 is 0 Å². The predicted octanol–water partition coefficient (Wildman–Crippen LogP) is 4.26. The van der Waals surface area contributed by atoms with E-state index in [2.05, 4.69) is 5.32 Å². The van der Waals surface area contributed by atoms with Crippen molar-refractivity contribution in [2.24, 2.45) is 0 Å². The lowest BCUT2D eigenvalue weighted by Gasteiger charge is -2.20. The van der Waals surface area contributed by atoms with E-state index in [0.717, 1.165) is 25.9 Å². The van der Waals surface area contributed by atoms with Crippen LogP contribution in [0.15, 0.2) is 54.6 Å². The molecular formula is C22H23N3O4. The fourth-order valence-electron chi connectivity index (χ4n) is 3.25. The summed E-state index contributed by atoms with van der Waals surface area (Å²) in [5.74, 6) is -0.335. The number of nitro benzene ring substituents is 1. The van der Waals surface area contributed by atoms with E-state index in [0.29, 0.717) is 16.8 Å². The van der Waals surface area contributed by atoms with Crippen LogP contribution in [-0.2, 0) is 4.79 Å². The highest BCUT2D eigenvalue weighted by atomic mass is 16.6. The molecule has 0 spiro atoms. The number of nitro groups is 1. The van der Waals surface area contributed by atoms with Gasteiger partial charge in [-0.1, -0.05) is 25.0 Å². The Hall–Kier alpha value is -3.48. The molecule has 29 heavy (non-hydrogen) atoms. The number of amides is 2. The van der Waals surface area contributed by atoms with Gasteiger partial charge in [-0.25, -0.2) is 0 Å². The van der Waals surface area contributed by atoms with Crippen molar-refractivity contribution in [1.82, 2.24) is 4.90 Å². The summed E-state index contributed by atoms with van der Waals surface area (Å²) in [6.07, 6.45) is 7.24. The van der Waals surface area contributed by atoms with Gasteiger partial charge in [0.2, 0.25) is 5.91 Å². The molecule has 0 atom stereocenters. The molecule has 0 radical (unpaired) electrons. The van der Waals surface area contributed by atoms with Gasteiger partial charge in [0, 0.05) is 42.5 Å². The molecule has 1 aliphatic heterocycles. The van der Waals surface area contributed by atoms with Crippen LogP contribution in [0.5, 0.6) is 0 Å². The van der Waals surface area contributed by atoms with Crippen molar-refractivity contribution in [3.8, 4) is 0 Å². The zero-order valence-electron chi connectivity index (χ0n) is 16.0. The molecule has 1 N–H and O–H groups in total. The molecule has 2 amide bonds. The first-order valence-corrected chi connectivity index (χ1v) is 9.66. The summed E-state index contributed by atoms with van der Waals surface area (Å²) >= 11 is 0. The van der Waals surface area contributed by atoms with Crippen LogP contribution in [0.3, 0.4) is 0 Å². The number of nitrogens with zero attached hydrogens (tertiary/aromatic N) is 2. The Morgan fingerprint density at radius 3 is 2.34 bits per heavy atom. The minimum atomic E-state index is -0.480. The lowest BCUT2D eigenvalue weighted by atomic mass is 10.1. The second kappa shape index (κ2) is 9.64. The summed E-state index contributed by atoms with van der Waals surface area (Å²) in [7, 11) is 0. The summed E-state index contributed by atoms with van der Waals surface area (Å²) < 4.78 is 0. The predicted molar refractivity (Wildman–Crippen MR) is 112 cm³/mol. The summed E-state index contributed by atoms with van der Waals surface area (Å²) in [6.45, 7) is 1.58. The third-order valence-corrected chi connectivity index (χ3v) is 4.80. The number of rotatable bonds is 5. The largest absolute Gasteiger partial charge is 0.339 e. The number of likely N-dealkylation sites (tertiary alicyclic amines) is 1. The molecule has 1 heterocycles. The maximum atomic E-state index is 12.6. The van der Waals surface area contributed by atoms with E-state index < -0.39 is 4.92 Å². The molecule has 1 aliphatic rings. The fraction of sp³-hybridized carbons (Fsp3) is 0.273. The van der Waals surface area contributed by atoms with Crippen LogP contribution in [0.2, 0.25) is 0 Å². The summed E-state index contributed by atoms with van der Waals surface area (Å²) in [5, 5.41) is 13.5. The smallest absolute Gasteiger partial charge is 0.270 e. The molecule has 0 saturated carbocycles. The van der Waals surface area contributed by atoms with Gasteiger partial charge in [-0.15, -0.1) is 0 Å². The number of anilines is 1. The number of hydrogen-bond acceptors (Lipinski definition) is 4. The maximum absolute atomic E-state index is 12.6. The average molecular weight is 393 g/mol. The molecule has 7 nitrogen and oxygen atoms in total. The molecule has 0 bridgehead atoms. The highest BCUT2D eigenvalue weighted by Crippen LogP contribution is 2.17. The molecule has 7 heteroatoms. The Balaban J connectivity index is 1.59. The molecule has 2 aromatic carbocycles. The second-order valence-electron chi connectivity index (χ2n) is 6.96. The number of nitrogens with one attached hydrogen (secondary N) is 1. The normalized spacial score (nSPS) is 14.4. The molecule has 0 aromatic heterocycles. The Kier molecular flexibility index (Phi) is 6.73. The summed E-state index contributed by atoms with van der Waals surface area (Å²) in [5.41, 5.74) is 1.72. The topological polar surface area (TPSA) is 92.5 Å². The van der Waals surface area contributed by atoms with E-state index in [-0.39, 0.29) is 17.5 Å². The number of benzene rings is 2. The van der Waals surface area contributed by atoms with Crippen LogP contribution in [-0.4, -0.2) is 34.7 Å². The Bertz CT molecular complexity index is 914. The van der Waals surface area contributed by atoms with E-state index in [1.807, 2.05) is 4.90 Å². The molecule has 0 unspecified atom stereocenters. The quantitative estimate of drug-likeness (QED) is 0.467. The summed E-state index contributed by atoms with van der Waals surface area (Å²) in [4.78, 5) is 36.9. The highest BCUT2D eigenvalue weighted by Gasteiger charge is 2.17. The monoisotopic (exact) mass is 393 g/mol. The lowest BCUT2D eigenvalue weighted by molar-refractivity contribution is -0.384. The number of hydrogen-bond donors (Lipinski definition) is 1. The first kappa shape index (κ1) is 20.3. The Morgan fingerprint density at radius 1 is 1.00 bits per heavy atom. The minimum absolute atomic E-state index is 0.0235. The molecule has 3 rings (SSSR count). The molecular weight excluding hydrogens is 370 g/mol. The number of carbonyl (C=O) groups excluding carboxylic acids is 2. The molecule has 1 fully saturated rings. The van der Waals surface area contributed by atoms with Crippen molar-refractivity contribution >= 4 is 29.3 Å². The van der Waals surface area contributed by atoms with Crippen molar-refractivity contribution in [1.29, 1.82) is 0 Å². The van der Waals surface area contributed by atoms with Gasteiger partial charge < -0.3 is 10.2 Å². The van der Waals surface area contributed by atoms with Gasteiger partial charge in [-0.2, -0.15) is 0 Å². The van der Waals surface area contributed by atoms with Crippen molar-refractivity contribution in [2.75, 3.05) is 18.4 Å². The van der Waals surface area contributed by atoms with Crippen LogP contribution < -0.4 is 5.32 Å². The van der Waals surface area contributed by atoms with E-state index in [1.54, 1.807) is 36.4 Å². The van der Waals surface area contributed by atoms with Crippen LogP contribution in [0.1, 0.15) is 41.6 Å². The second-order valence-corrected chi connectivity index (χ2v) is 6.96. The first-order valence-electron chi connectivity index (χ1n) is 9.66. The number of non-ortho nitro benzene ring substituents is 1. The highest BCUT2D eigenvalue weighted by molar-refractivity contribution is 6.02. The van der Waals surface area contributed by atoms with Gasteiger partial charge in [0.15, 0.2) is 0 Å². The van der Waals surface area contributed by atoms with E-state index in [4.69, 9.17) is 0 Å². The SMILES string of the molecule is O=C(/C=C/c1cccc([N+](=O)[O-])c1)Nc1ccc(C(=O)N2CCCCCC2)cc1. The third-order valence-electron chi connectivity index (χ3n) is 4.80. The number of carbonyl (C=O) groups is 2. The Morgan fingerprint density at radius 2 is 1.69 bits per heavy atom. The van der Waals surface area contributed by atoms with Crippen molar-refractivity contribution < 1.29 is 14.5 Å². The average Bonchev–Trinajstić information content (AvgIpc) is 3.02. The van der Waals surface area contributed by atoms with Crippen LogP contribution in [0, 0.1) is 10.1 Å². The van der Waals surface area contributed by atoms with Crippen LogP contribution in [0.4, 0.5) is 11.4 Å². The maximum Gasteiger partial charge on any atom is 0.270 e. The summed E-state index contributed by atoms with van der Waals surface area (Å²) in [6, 6.07) is 12.9. The van der Waals surface area contributed by atoms with Gasteiger partial charge >= 0.3 is 0 Å². The lowest BCUT2D eigenvalue weighted by Crippen LogP contribution is -2.31. The zero-order valence-corrected chi connectivity index (χ0v) is 16.0. The van der Waals surface area contributed by atoms with E-state index in [9.17, 15) is 19.7 Å². The van der Waals surface area contributed by atoms with Gasteiger partial charge in [-0.05, 0) is 48.7 Å². The fourth-order valence-corrected chi connectivity index (χ4v) is 3.25. The first-order chi connectivity index (χ1) is 14.0. The van der Waals surface area contributed by atoms with Crippen LogP contribution >= 0.6 is 0 Å². The van der Waals surface area contributed by atoms with Crippen LogP contribution in [0.25, 0.3) is 6.08 Å². The van der Waals surface area contributed by atoms with Gasteiger partial charge in [0.25, 0.3) is 11.6 Å². The minimum Gasteiger partial charge on any atom is -0.339 e. The molecule has 1 saturated heterocycles. The van der Waals surface area contributed by atoms with Crippen molar-refractivity contribution in [3.05, 3.63) is 75.8 Å². The molecule has 2 aromatic rings. The molecule has 150 valence electrons. The molecule has 0 aliphatic carbocycles. The van der Waals surface area contributed by atoms with Crippen molar-refractivity contribution in [2.45, 2.75) is 25.7 Å². The van der Waals surface area contributed by atoms with Gasteiger partial charge in [-0.3, -0.25) is 19.7 Å².